The molecule has 118 valence electrons. The van der Waals surface area contributed by atoms with Gasteiger partial charge in [-0.25, -0.2) is 9.18 Å². The van der Waals surface area contributed by atoms with Gasteiger partial charge >= 0.3 is 5.97 Å². The Hall–Kier alpha value is -2.21. The van der Waals surface area contributed by atoms with Crippen molar-refractivity contribution in [2.45, 2.75) is 18.9 Å². The Labute approximate surface area is 128 Å². The molecule has 1 N–H and O–H groups in total. The molecular formula is C16H18FNO4. The summed E-state index contributed by atoms with van der Waals surface area (Å²) in [7, 11) is 0. The predicted molar refractivity (Wildman–Crippen MR) is 78.4 cm³/mol. The van der Waals surface area contributed by atoms with E-state index in [0.29, 0.717) is 12.1 Å². The third kappa shape index (κ3) is 5.65. The number of ether oxygens (including phenoxy) is 2. The minimum Gasteiger partial charge on any atom is -0.452 e. The predicted octanol–water partition coefficient (Wildman–Crippen LogP) is 1.68. The molecule has 0 bridgehead atoms. The summed E-state index contributed by atoms with van der Waals surface area (Å²) in [6, 6.07) is 5.66. The van der Waals surface area contributed by atoms with Crippen molar-refractivity contribution < 1.29 is 23.5 Å². The van der Waals surface area contributed by atoms with E-state index < -0.39 is 5.97 Å². The van der Waals surface area contributed by atoms with Gasteiger partial charge in [-0.3, -0.25) is 4.79 Å². The zero-order chi connectivity index (χ0) is 15.8. The van der Waals surface area contributed by atoms with Gasteiger partial charge in [0.25, 0.3) is 5.91 Å². The van der Waals surface area contributed by atoms with Crippen LogP contribution >= 0.6 is 0 Å². The first-order valence-corrected chi connectivity index (χ1v) is 7.12. The van der Waals surface area contributed by atoms with Crippen LogP contribution in [0.4, 0.5) is 4.39 Å². The largest absolute Gasteiger partial charge is 0.452 e. The maximum absolute atomic E-state index is 12.7. The lowest BCUT2D eigenvalue weighted by atomic mass is 10.2. The average molecular weight is 307 g/mol. The van der Waals surface area contributed by atoms with Gasteiger partial charge in [-0.05, 0) is 36.6 Å². The summed E-state index contributed by atoms with van der Waals surface area (Å²) in [5.74, 6) is -1.33. The van der Waals surface area contributed by atoms with Crippen LogP contribution < -0.4 is 5.32 Å². The van der Waals surface area contributed by atoms with Crippen LogP contribution in [0.5, 0.6) is 0 Å². The van der Waals surface area contributed by atoms with Gasteiger partial charge in [0.2, 0.25) is 0 Å². The van der Waals surface area contributed by atoms with Crippen LogP contribution in [0.1, 0.15) is 18.4 Å². The second-order valence-corrected chi connectivity index (χ2v) is 4.93. The van der Waals surface area contributed by atoms with Gasteiger partial charge in [0.05, 0.1) is 6.10 Å². The molecule has 0 unspecified atom stereocenters. The van der Waals surface area contributed by atoms with Gasteiger partial charge in [-0.15, -0.1) is 0 Å². The van der Waals surface area contributed by atoms with E-state index in [1.54, 1.807) is 0 Å². The summed E-state index contributed by atoms with van der Waals surface area (Å²) >= 11 is 0. The van der Waals surface area contributed by atoms with Gasteiger partial charge in [0, 0.05) is 19.2 Å². The van der Waals surface area contributed by atoms with E-state index in [2.05, 4.69) is 5.32 Å². The van der Waals surface area contributed by atoms with Gasteiger partial charge in [-0.1, -0.05) is 12.1 Å². The molecule has 1 fully saturated rings. The lowest BCUT2D eigenvalue weighted by molar-refractivity contribution is -0.143. The molecule has 0 aliphatic carbocycles. The molecule has 2 rings (SSSR count). The molecule has 0 spiro atoms. The highest BCUT2D eigenvalue weighted by molar-refractivity contribution is 5.89. The van der Waals surface area contributed by atoms with E-state index in [4.69, 9.17) is 9.47 Å². The Bertz CT molecular complexity index is 536. The third-order valence-electron chi connectivity index (χ3n) is 3.18. The van der Waals surface area contributed by atoms with Crippen LogP contribution in [0.3, 0.4) is 0 Å². The Morgan fingerprint density at radius 1 is 1.36 bits per heavy atom. The van der Waals surface area contributed by atoms with Gasteiger partial charge in [0.15, 0.2) is 6.61 Å². The molecule has 22 heavy (non-hydrogen) atoms. The molecule has 0 radical (unpaired) electrons. The van der Waals surface area contributed by atoms with Crippen molar-refractivity contribution in [3.8, 4) is 0 Å². The SMILES string of the molecule is O=C(COC(=O)/C=C/c1ccc(F)cc1)NC[C@@H]1CCCO1. The first-order chi connectivity index (χ1) is 10.6. The summed E-state index contributed by atoms with van der Waals surface area (Å²) < 4.78 is 22.9. The molecule has 0 aromatic heterocycles. The van der Waals surface area contributed by atoms with Crippen LogP contribution in [0.2, 0.25) is 0 Å². The highest BCUT2D eigenvalue weighted by Crippen LogP contribution is 2.10. The Morgan fingerprint density at radius 2 is 2.14 bits per heavy atom. The number of hydrogen-bond donors (Lipinski definition) is 1. The van der Waals surface area contributed by atoms with E-state index in [1.807, 2.05) is 0 Å². The smallest absolute Gasteiger partial charge is 0.331 e. The van der Waals surface area contributed by atoms with E-state index in [-0.39, 0.29) is 24.4 Å². The molecule has 1 aromatic rings. The summed E-state index contributed by atoms with van der Waals surface area (Å²) in [5.41, 5.74) is 0.668. The van der Waals surface area contributed by atoms with E-state index in [9.17, 15) is 14.0 Å². The second kappa shape index (κ2) is 8.29. The molecule has 1 aliphatic heterocycles. The number of carbonyl (C=O) groups is 2. The van der Waals surface area contributed by atoms with Crippen molar-refractivity contribution in [2.24, 2.45) is 0 Å². The fourth-order valence-corrected chi connectivity index (χ4v) is 2.01. The summed E-state index contributed by atoms with van der Waals surface area (Å²) in [4.78, 5) is 23.0. The zero-order valence-electron chi connectivity index (χ0n) is 12.1. The van der Waals surface area contributed by atoms with Crippen molar-refractivity contribution in [3.05, 3.63) is 41.7 Å². The molecular weight excluding hydrogens is 289 g/mol. The van der Waals surface area contributed by atoms with Crippen LogP contribution in [0.25, 0.3) is 6.08 Å². The van der Waals surface area contributed by atoms with Gasteiger partial charge < -0.3 is 14.8 Å². The lowest BCUT2D eigenvalue weighted by Gasteiger charge is -2.10. The molecule has 1 heterocycles. The highest BCUT2D eigenvalue weighted by atomic mass is 19.1. The number of halogens is 1. The number of hydrogen-bond acceptors (Lipinski definition) is 4. The number of carbonyl (C=O) groups excluding carboxylic acids is 2. The number of esters is 1. The fourth-order valence-electron chi connectivity index (χ4n) is 2.01. The van der Waals surface area contributed by atoms with Crippen molar-refractivity contribution in [1.82, 2.24) is 5.32 Å². The minimum atomic E-state index is -0.628. The topological polar surface area (TPSA) is 64.6 Å². The zero-order valence-corrected chi connectivity index (χ0v) is 12.1. The molecule has 1 amide bonds. The molecule has 5 nitrogen and oxygen atoms in total. The van der Waals surface area contributed by atoms with Crippen molar-refractivity contribution >= 4 is 18.0 Å². The van der Waals surface area contributed by atoms with E-state index in [0.717, 1.165) is 19.4 Å². The summed E-state index contributed by atoms with van der Waals surface area (Å²) in [5, 5.41) is 2.65. The van der Waals surface area contributed by atoms with Crippen molar-refractivity contribution in [1.29, 1.82) is 0 Å². The van der Waals surface area contributed by atoms with Gasteiger partial charge in [-0.2, -0.15) is 0 Å². The summed E-state index contributed by atoms with van der Waals surface area (Å²) in [6.07, 6.45) is 4.68. The van der Waals surface area contributed by atoms with E-state index >= 15 is 0 Å². The van der Waals surface area contributed by atoms with Crippen molar-refractivity contribution in [3.63, 3.8) is 0 Å². The maximum Gasteiger partial charge on any atom is 0.331 e. The van der Waals surface area contributed by atoms with Crippen molar-refractivity contribution in [2.75, 3.05) is 19.8 Å². The highest BCUT2D eigenvalue weighted by Gasteiger charge is 2.16. The molecule has 1 aromatic carbocycles. The maximum atomic E-state index is 12.7. The normalized spacial score (nSPS) is 17.6. The number of amides is 1. The summed E-state index contributed by atoms with van der Waals surface area (Å²) in [6.45, 7) is 0.824. The van der Waals surface area contributed by atoms with Crippen LogP contribution in [0, 0.1) is 5.82 Å². The minimum absolute atomic E-state index is 0.0537. The second-order valence-electron chi connectivity index (χ2n) is 4.93. The number of rotatable bonds is 6. The Morgan fingerprint density at radius 3 is 2.82 bits per heavy atom. The third-order valence-corrected chi connectivity index (χ3v) is 3.18. The van der Waals surface area contributed by atoms with Crippen LogP contribution in [0.15, 0.2) is 30.3 Å². The number of benzene rings is 1. The Balaban J connectivity index is 1.66. The first kappa shape index (κ1) is 16.2. The van der Waals surface area contributed by atoms with Crippen LogP contribution in [-0.2, 0) is 19.1 Å². The van der Waals surface area contributed by atoms with E-state index in [1.165, 1.54) is 36.4 Å². The monoisotopic (exact) mass is 307 g/mol. The average Bonchev–Trinajstić information content (AvgIpc) is 3.04. The molecule has 1 saturated heterocycles. The fraction of sp³-hybridized carbons (Fsp3) is 0.375. The standard InChI is InChI=1S/C16H18FNO4/c17-13-6-3-12(4-7-13)5-8-16(20)22-11-15(19)18-10-14-2-1-9-21-14/h3-8,14H,1-2,9-11H2,(H,18,19)/b8-5+/t14-/m0/s1. The lowest BCUT2D eigenvalue weighted by Crippen LogP contribution is -2.34. The van der Waals surface area contributed by atoms with Crippen LogP contribution in [-0.4, -0.2) is 37.7 Å². The van der Waals surface area contributed by atoms with Gasteiger partial charge in [0.1, 0.15) is 5.82 Å². The molecule has 6 heteroatoms. The molecule has 1 aliphatic rings. The number of nitrogens with one attached hydrogen (secondary N) is 1. The molecule has 0 saturated carbocycles. The Kier molecular flexibility index (Phi) is 6.09. The quantitative estimate of drug-likeness (QED) is 0.641. The first-order valence-electron chi connectivity index (χ1n) is 7.12. The molecule has 1 atom stereocenters.